The Morgan fingerprint density at radius 2 is 1.83 bits per heavy atom. The monoisotopic (exact) mass is 250 g/mol. The number of aliphatic hydroxyl groups is 1. The molecule has 0 aromatic heterocycles. The van der Waals surface area contributed by atoms with Gasteiger partial charge in [-0.15, -0.1) is 0 Å². The molecule has 100 valence electrons. The molecule has 2 atom stereocenters. The van der Waals surface area contributed by atoms with Crippen LogP contribution in [0.5, 0.6) is 0 Å². The molecule has 1 rings (SSSR count). The normalized spacial score (nSPS) is 14.3. The Labute approximate surface area is 109 Å². The molecule has 0 fully saturated rings. The number of hydrogen-bond acceptors (Lipinski definition) is 3. The fourth-order valence-corrected chi connectivity index (χ4v) is 2.06. The minimum atomic E-state index is -0.816. The molecular formula is C15H22O3. The maximum absolute atomic E-state index is 11.7. The van der Waals surface area contributed by atoms with Crippen LogP contribution in [-0.4, -0.2) is 18.2 Å². The van der Waals surface area contributed by atoms with Crippen LogP contribution in [0.25, 0.3) is 0 Å². The fraction of sp³-hybridized carbons (Fsp3) is 0.533. The summed E-state index contributed by atoms with van der Waals surface area (Å²) in [4.78, 5) is 11.7. The molecule has 1 N–H and O–H groups in total. The van der Waals surface area contributed by atoms with Gasteiger partial charge in [0.1, 0.15) is 0 Å². The van der Waals surface area contributed by atoms with Crippen molar-refractivity contribution in [3.63, 3.8) is 0 Å². The lowest BCUT2D eigenvalue weighted by molar-refractivity contribution is -0.152. The molecule has 0 radical (unpaired) electrons. The third kappa shape index (κ3) is 3.33. The van der Waals surface area contributed by atoms with Crippen LogP contribution in [0, 0.1) is 11.8 Å². The van der Waals surface area contributed by atoms with Crippen molar-refractivity contribution in [3.05, 3.63) is 35.4 Å². The zero-order chi connectivity index (χ0) is 13.7. The first kappa shape index (κ1) is 14.7. The van der Waals surface area contributed by atoms with Crippen molar-refractivity contribution in [2.45, 2.75) is 33.3 Å². The quantitative estimate of drug-likeness (QED) is 0.817. The Hall–Kier alpha value is -1.35. The highest BCUT2D eigenvalue weighted by molar-refractivity contribution is 5.73. The average Bonchev–Trinajstić information content (AvgIpc) is 2.38. The highest BCUT2D eigenvalue weighted by Crippen LogP contribution is 2.29. The number of rotatable bonds is 5. The summed E-state index contributed by atoms with van der Waals surface area (Å²) in [5.74, 6) is -0.863. The Balaban J connectivity index is 2.94. The minimum Gasteiger partial charge on any atom is -0.469 e. The molecule has 2 unspecified atom stereocenters. The van der Waals surface area contributed by atoms with Crippen molar-refractivity contribution in [2.75, 3.05) is 7.11 Å². The van der Waals surface area contributed by atoms with Gasteiger partial charge in [0.25, 0.3) is 0 Å². The number of carbonyl (C=O) groups is 1. The summed E-state index contributed by atoms with van der Waals surface area (Å²) in [7, 11) is 1.35. The van der Waals surface area contributed by atoms with Crippen molar-refractivity contribution in [1.82, 2.24) is 0 Å². The highest BCUT2D eigenvalue weighted by Gasteiger charge is 2.31. The molecular weight excluding hydrogens is 228 g/mol. The van der Waals surface area contributed by atoms with Crippen molar-refractivity contribution in [2.24, 2.45) is 11.8 Å². The maximum Gasteiger partial charge on any atom is 0.311 e. The highest BCUT2D eigenvalue weighted by atomic mass is 16.5. The second kappa shape index (κ2) is 6.55. The molecule has 0 saturated carbocycles. The molecule has 0 aliphatic heterocycles. The lowest BCUT2D eigenvalue weighted by Crippen LogP contribution is -2.28. The van der Waals surface area contributed by atoms with E-state index in [-0.39, 0.29) is 11.9 Å². The third-order valence-corrected chi connectivity index (χ3v) is 3.26. The lowest BCUT2D eigenvalue weighted by Gasteiger charge is -2.24. The number of carbonyl (C=O) groups excluding carboxylic acids is 1. The van der Waals surface area contributed by atoms with Gasteiger partial charge in [-0.1, -0.05) is 45.0 Å². The molecule has 0 aliphatic carbocycles. The van der Waals surface area contributed by atoms with Crippen LogP contribution in [0.2, 0.25) is 0 Å². The first-order valence-corrected chi connectivity index (χ1v) is 6.36. The van der Waals surface area contributed by atoms with E-state index in [4.69, 9.17) is 4.74 Å². The molecule has 0 heterocycles. The summed E-state index contributed by atoms with van der Waals surface area (Å²) in [6.07, 6.45) is 0.143. The molecule has 18 heavy (non-hydrogen) atoms. The van der Waals surface area contributed by atoms with Crippen LogP contribution in [0.4, 0.5) is 0 Å². The average molecular weight is 250 g/mol. The molecule has 0 spiro atoms. The summed E-state index contributed by atoms with van der Waals surface area (Å²) in [6.45, 7) is 5.90. The molecule has 0 amide bonds. The van der Waals surface area contributed by atoms with Gasteiger partial charge < -0.3 is 9.84 Å². The van der Waals surface area contributed by atoms with Gasteiger partial charge in [0.2, 0.25) is 0 Å². The summed E-state index contributed by atoms with van der Waals surface area (Å²) in [5.41, 5.74) is 1.97. The van der Waals surface area contributed by atoms with Crippen LogP contribution in [0.15, 0.2) is 24.3 Å². The van der Waals surface area contributed by atoms with Crippen LogP contribution in [0.3, 0.4) is 0 Å². The lowest BCUT2D eigenvalue weighted by atomic mass is 9.86. The van der Waals surface area contributed by atoms with E-state index in [9.17, 15) is 9.90 Å². The molecule has 3 heteroatoms. The van der Waals surface area contributed by atoms with E-state index in [0.29, 0.717) is 0 Å². The number of esters is 1. The molecule has 3 nitrogen and oxygen atoms in total. The standard InChI is InChI=1S/C15H22O3/c1-5-11-6-8-12(9-7-11)14(16)13(10(2)3)15(17)18-4/h6-10,13-14,16H,5H2,1-4H3. The van der Waals surface area contributed by atoms with Crippen LogP contribution in [-0.2, 0) is 16.0 Å². The van der Waals surface area contributed by atoms with E-state index in [1.165, 1.54) is 12.7 Å². The minimum absolute atomic E-state index is 0.0262. The Morgan fingerprint density at radius 1 is 1.28 bits per heavy atom. The van der Waals surface area contributed by atoms with Crippen molar-refractivity contribution < 1.29 is 14.6 Å². The summed E-state index contributed by atoms with van der Waals surface area (Å²) in [6, 6.07) is 7.71. The topological polar surface area (TPSA) is 46.5 Å². The van der Waals surface area contributed by atoms with Gasteiger partial charge in [-0.2, -0.15) is 0 Å². The summed E-state index contributed by atoms with van der Waals surface area (Å²) in [5, 5.41) is 10.3. The zero-order valence-corrected chi connectivity index (χ0v) is 11.5. The molecule has 0 aliphatic rings. The van der Waals surface area contributed by atoms with Crippen molar-refractivity contribution >= 4 is 5.97 Å². The van der Waals surface area contributed by atoms with E-state index >= 15 is 0 Å². The number of benzene rings is 1. The Morgan fingerprint density at radius 3 is 2.22 bits per heavy atom. The predicted octanol–water partition coefficient (Wildman–Crippen LogP) is 2.73. The molecule has 0 bridgehead atoms. The first-order chi connectivity index (χ1) is 8.51. The Bertz CT molecular complexity index is 381. The SMILES string of the molecule is CCc1ccc(C(O)C(C(=O)OC)C(C)C)cc1. The van der Waals surface area contributed by atoms with Gasteiger partial charge in [0.15, 0.2) is 0 Å². The van der Waals surface area contributed by atoms with Crippen molar-refractivity contribution in [3.8, 4) is 0 Å². The third-order valence-electron chi connectivity index (χ3n) is 3.26. The largest absolute Gasteiger partial charge is 0.469 e. The van der Waals surface area contributed by atoms with Crippen LogP contribution < -0.4 is 0 Å². The smallest absolute Gasteiger partial charge is 0.311 e. The van der Waals surface area contributed by atoms with Gasteiger partial charge in [-0.05, 0) is 23.5 Å². The van der Waals surface area contributed by atoms with E-state index in [2.05, 4.69) is 6.92 Å². The molecule has 0 saturated heterocycles. The first-order valence-electron chi connectivity index (χ1n) is 6.36. The van der Waals surface area contributed by atoms with Crippen molar-refractivity contribution in [1.29, 1.82) is 0 Å². The summed E-state index contributed by atoms with van der Waals surface area (Å²) < 4.78 is 4.76. The predicted molar refractivity (Wildman–Crippen MR) is 71.1 cm³/mol. The second-order valence-corrected chi connectivity index (χ2v) is 4.83. The van der Waals surface area contributed by atoms with Crippen LogP contribution in [0.1, 0.15) is 38.0 Å². The van der Waals surface area contributed by atoms with E-state index in [1.54, 1.807) is 0 Å². The number of aryl methyl sites for hydroxylation is 1. The number of aliphatic hydroxyl groups excluding tert-OH is 1. The number of hydrogen-bond donors (Lipinski definition) is 1. The number of ether oxygens (including phenoxy) is 1. The van der Waals surface area contributed by atoms with Gasteiger partial charge >= 0.3 is 5.97 Å². The molecule has 1 aromatic rings. The van der Waals surface area contributed by atoms with Gasteiger partial charge in [0.05, 0.1) is 19.1 Å². The van der Waals surface area contributed by atoms with E-state index < -0.39 is 12.0 Å². The van der Waals surface area contributed by atoms with E-state index in [1.807, 2.05) is 38.1 Å². The molecule has 1 aromatic carbocycles. The second-order valence-electron chi connectivity index (χ2n) is 4.83. The number of methoxy groups -OCH3 is 1. The van der Waals surface area contributed by atoms with Crippen LogP contribution >= 0.6 is 0 Å². The van der Waals surface area contributed by atoms with Gasteiger partial charge in [0, 0.05) is 0 Å². The summed E-state index contributed by atoms with van der Waals surface area (Å²) >= 11 is 0. The van der Waals surface area contributed by atoms with E-state index in [0.717, 1.165) is 12.0 Å². The fourth-order valence-electron chi connectivity index (χ4n) is 2.06. The Kier molecular flexibility index (Phi) is 5.35. The van der Waals surface area contributed by atoms with Gasteiger partial charge in [-0.25, -0.2) is 0 Å². The zero-order valence-electron chi connectivity index (χ0n) is 11.5. The maximum atomic E-state index is 11.7. The van der Waals surface area contributed by atoms with Gasteiger partial charge in [-0.3, -0.25) is 4.79 Å².